The van der Waals surface area contributed by atoms with Gasteiger partial charge in [-0.15, -0.1) is 11.3 Å². The minimum Gasteiger partial charge on any atom is -0.497 e. The van der Waals surface area contributed by atoms with Crippen LogP contribution in [0.25, 0.3) is 0 Å². The first-order valence-corrected chi connectivity index (χ1v) is 6.25. The SMILES string of the molecule is COc1ccc(COc2ccsc2C(=O)O)c(F)c1. The van der Waals surface area contributed by atoms with E-state index in [1.165, 1.54) is 13.2 Å². The summed E-state index contributed by atoms with van der Waals surface area (Å²) in [5.74, 6) is -0.845. The highest BCUT2D eigenvalue weighted by Crippen LogP contribution is 2.26. The normalized spacial score (nSPS) is 10.2. The summed E-state index contributed by atoms with van der Waals surface area (Å²) in [5, 5.41) is 10.5. The molecule has 0 spiro atoms. The molecule has 0 aliphatic heterocycles. The van der Waals surface area contributed by atoms with Crippen molar-refractivity contribution in [2.45, 2.75) is 6.61 Å². The Kier molecular flexibility index (Phi) is 4.01. The van der Waals surface area contributed by atoms with Crippen LogP contribution in [0.2, 0.25) is 0 Å². The lowest BCUT2D eigenvalue weighted by Crippen LogP contribution is -2.02. The number of carboxylic acids is 1. The fourth-order valence-electron chi connectivity index (χ4n) is 1.49. The molecular weight excluding hydrogens is 271 g/mol. The van der Waals surface area contributed by atoms with Crippen molar-refractivity contribution in [3.8, 4) is 11.5 Å². The van der Waals surface area contributed by atoms with Crippen molar-refractivity contribution in [3.63, 3.8) is 0 Å². The standard InChI is InChI=1S/C13H11FO4S/c1-17-9-3-2-8(10(14)6-9)7-18-11-4-5-19-12(11)13(15)16/h2-6H,7H2,1H3,(H,15,16). The Morgan fingerprint density at radius 1 is 1.42 bits per heavy atom. The number of hydrogen-bond donors (Lipinski definition) is 1. The molecule has 100 valence electrons. The van der Waals surface area contributed by atoms with Gasteiger partial charge in [0, 0.05) is 11.6 Å². The predicted octanol–water partition coefficient (Wildman–Crippen LogP) is 3.17. The Morgan fingerprint density at radius 2 is 2.21 bits per heavy atom. The average Bonchev–Trinajstić information content (AvgIpc) is 2.85. The van der Waals surface area contributed by atoms with Gasteiger partial charge in [0.1, 0.15) is 23.9 Å². The summed E-state index contributed by atoms with van der Waals surface area (Å²) in [7, 11) is 1.45. The average molecular weight is 282 g/mol. The first-order valence-electron chi connectivity index (χ1n) is 5.38. The van der Waals surface area contributed by atoms with Crippen LogP contribution in [0.15, 0.2) is 29.6 Å². The van der Waals surface area contributed by atoms with E-state index < -0.39 is 11.8 Å². The zero-order valence-corrected chi connectivity index (χ0v) is 10.9. The Balaban J connectivity index is 2.10. The molecule has 4 nitrogen and oxygen atoms in total. The van der Waals surface area contributed by atoms with Crippen LogP contribution in [0.5, 0.6) is 11.5 Å². The van der Waals surface area contributed by atoms with Crippen molar-refractivity contribution in [2.75, 3.05) is 7.11 Å². The molecule has 1 aromatic heterocycles. The number of carboxylic acid groups (broad SMARTS) is 1. The van der Waals surface area contributed by atoms with E-state index in [4.69, 9.17) is 14.6 Å². The molecule has 0 aliphatic carbocycles. The van der Waals surface area contributed by atoms with Crippen molar-refractivity contribution >= 4 is 17.3 Å². The summed E-state index contributed by atoms with van der Waals surface area (Å²) < 4.78 is 23.9. The maximum Gasteiger partial charge on any atom is 0.349 e. The number of aromatic carboxylic acids is 1. The van der Waals surface area contributed by atoms with E-state index in [0.717, 1.165) is 11.3 Å². The summed E-state index contributed by atoms with van der Waals surface area (Å²) in [6.45, 7) is -0.0349. The Bertz CT molecular complexity index is 594. The van der Waals surface area contributed by atoms with Gasteiger partial charge in [0.15, 0.2) is 4.88 Å². The Morgan fingerprint density at radius 3 is 2.84 bits per heavy atom. The highest BCUT2D eigenvalue weighted by Gasteiger charge is 2.13. The smallest absolute Gasteiger partial charge is 0.349 e. The number of halogens is 1. The lowest BCUT2D eigenvalue weighted by atomic mass is 10.2. The molecule has 19 heavy (non-hydrogen) atoms. The maximum atomic E-state index is 13.7. The lowest BCUT2D eigenvalue weighted by Gasteiger charge is -2.07. The first kappa shape index (κ1) is 13.4. The molecule has 1 N–H and O–H groups in total. The second kappa shape index (κ2) is 5.71. The third-order valence-corrected chi connectivity index (χ3v) is 3.35. The molecule has 2 rings (SSSR count). The van der Waals surface area contributed by atoms with E-state index in [9.17, 15) is 9.18 Å². The zero-order chi connectivity index (χ0) is 13.8. The quantitative estimate of drug-likeness (QED) is 0.915. The number of rotatable bonds is 5. The Hall–Kier alpha value is -2.08. The lowest BCUT2D eigenvalue weighted by molar-refractivity contribution is 0.0697. The fourth-order valence-corrected chi connectivity index (χ4v) is 2.17. The number of benzene rings is 1. The van der Waals surface area contributed by atoms with E-state index in [0.29, 0.717) is 11.3 Å². The summed E-state index contributed by atoms with van der Waals surface area (Å²) >= 11 is 1.06. The molecule has 1 heterocycles. The Labute approximate surface area is 113 Å². The summed E-state index contributed by atoms with van der Waals surface area (Å²) in [6.07, 6.45) is 0. The molecule has 6 heteroatoms. The molecule has 0 amide bonds. The number of hydrogen-bond acceptors (Lipinski definition) is 4. The van der Waals surface area contributed by atoms with Gasteiger partial charge in [0.25, 0.3) is 0 Å². The highest BCUT2D eigenvalue weighted by atomic mass is 32.1. The van der Waals surface area contributed by atoms with Crippen molar-refractivity contribution in [1.29, 1.82) is 0 Å². The van der Waals surface area contributed by atoms with Gasteiger partial charge in [-0.25, -0.2) is 9.18 Å². The summed E-state index contributed by atoms with van der Waals surface area (Å²) in [6, 6.07) is 5.97. The summed E-state index contributed by atoms with van der Waals surface area (Å²) in [4.78, 5) is 11.0. The van der Waals surface area contributed by atoms with Gasteiger partial charge in [0.05, 0.1) is 7.11 Å². The number of methoxy groups -OCH3 is 1. The second-order valence-electron chi connectivity index (χ2n) is 3.67. The molecule has 0 unspecified atom stereocenters. The van der Waals surface area contributed by atoms with Crippen LogP contribution in [0, 0.1) is 5.82 Å². The monoisotopic (exact) mass is 282 g/mol. The summed E-state index contributed by atoms with van der Waals surface area (Å²) in [5.41, 5.74) is 0.336. The van der Waals surface area contributed by atoms with Gasteiger partial charge in [-0.05, 0) is 23.6 Å². The topological polar surface area (TPSA) is 55.8 Å². The van der Waals surface area contributed by atoms with Crippen LogP contribution < -0.4 is 9.47 Å². The second-order valence-corrected chi connectivity index (χ2v) is 4.58. The molecular formula is C13H11FO4S. The molecule has 0 bridgehead atoms. The van der Waals surface area contributed by atoms with Crippen LogP contribution in [0.4, 0.5) is 4.39 Å². The van der Waals surface area contributed by atoms with Crippen molar-refractivity contribution in [3.05, 3.63) is 45.9 Å². The fraction of sp³-hybridized carbons (Fsp3) is 0.154. The molecule has 0 atom stereocenters. The van der Waals surface area contributed by atoms with Crippen LogP contribution in [-0.2, 0) is 6.61 Å². The van der Waals surface area contributed by atoms with E-state index in [1.54, 1.807) is 23.6 Å². The van der Waals surface area contributed by atoms with Gasteiger partial charge in [-0.2, -0.15) is 0 Å². The molecule has 0 saturated heterocycles. The molecule has 0 radical (unpaired) electrons. The molecule has 1 aromatic carbocycles. The van der Waals surface area contributed by atoms with Crippen molar-refractivity contribution < 1.29 is 23.8 Å². The van der Waals surface area contributed by atoms with Gasteiger partial charge >= 0.3 is 5.97 Å². The third-order valence-electron chi connectivity index (χ3n) is 2.47. The van der Waals surface area contributed by atoms with Gasteiger partial charge in [0.2, 0.25) is 0 Å². The van der Waals surface area contributed by atoms with Crippen LogP contribution in [0.1, 0.15) is 15.2 Å². The number of ether oxygens (including phenoxy) is 2. The van der Waals surface area contributed by atoms with Gasteiger partial charge in [-0.3, -0.25) is 0 Å². The maximum absolute atomic E-state index is 13.7. The predicted molar refractivity (Wildman–Crippen MR) is 68.6 cm³/mol. The zero-order valence-electron chi connectivity index (χ0n) is 10.1. The minimum absolute atomic E-state index is 0.0349. The van der Waals surface area contributed by atoms with E-state index >= 15 is 0 Å². The van der Waals surface area contributed by atoms with Gasteiger partial charge < -0.3 is 14.6 Å². The largest absolute Gasteiger partial charge is 0.497 e. The van der Waals surface area contributed by atoms with Crippen LogP contribution in [-0.4, -0.2) is 18.2 Å². The highest BCUT2D eigenvalue weighted by molar-refractivity contribution is 7.12. The van der Waals surface area contributed by atoms with Crippen molar-refractivity contribution in [1.82, 2.24) is 0 Å². The molecule has 0 saturated carbocycles. The number of carbonyl (C=O) groups is 1. The van der Waals surface area contributed by atoms with Crippen LogP contribution in [0.3, 0.4) is 0 Å². The van der Waals surface area contributed by atoms with Gasteiger partial charge in [-0.1, -0.05) is 0 Å². The molecule has 0 aliphatic rings. The van der Waals surface area contributed by atoms with E-state index in [-0.39, 0.29) is 17.2 Å². The van der Waals surface area contributed by atoms with Crippen molar-refractivity contribution in [2.24, 2.45) is 0 Å². The van der Waals surface area contributed by atoms with Crippen LogP contribution >= 0.6 is 11.3 Å². The third kappa shape index (κ3) is 3.03. The van der Waals surface area contributed by atoms with E-state index in [2.05, 4.69) is 0 Å². The molecule has 0 fully saturated rings. The minimum atomic E-state index is -1.06. The van der Waals surface area contributed by atoms with E-state index in [1.807, 2.05) is 0 Å². The first-order chi connectivity index (χ1) is 9.11. The number of thiophene rings is 1. The molecule has 2 aromatic rings.